The Morgan fingerprint density at radius 3 is 2.58 bits per heavy atom. The molecule has 0 unspecified atom stereocenters. The molecule has 0 aliphatic carbocycles. The zero-order valence-corrected chi connectivity index (χ0v) is 12.9. The van der Waals surface area contributed by atoms with Crippen LogP contribution in [0.5, 0.6) is 11.5 Å². The lowest BCUT2D eigenvalue weighted by Gasteiger charge is -2.09. The average Bonchev–Trinajstić information content (AvgIpc) is 2.32. The van der Waals surface area contributed by atoms with E-state index >= 15 is 0 Å². The Bertz CT molecular complexity index is 647. The van der Waals surface area contributed by atoms with Gasteiger partial charge in [0.05, 0.1) is 11.1 Å². The van der Waals surface area contributed by atoms with E-state index in [1.807, 2.05) is 0 Å². The summed E-state index contributed by atoms with van der Waals surface area (Å²) in [5.74, 6) is 0.649. The van der Waals surface area contributed by atoms with E-state index in [0.717, 1.165) is 4.47 Å². The van der Waals surface area contributed by atoms with Crippen LogP contribution >= 0.6 is 31.9 Å². The summed E-state index contributed by atoms with van der Waals surface area (Å²) in [6, 6.07) is 4.86. The minimum absolute atomic E-state index is 0.0909. The van der Waals surface area contributed by atoms with E-state index in [9.17, 15) is 10.1 Å². The van der Waals surface area contributed by atoms with Gasteiger partial charge in [-0.25, -0.2) is 0 Å². The molecule has 0 spiro atoms. The van der Waals surface area contributed by atoms with Crippen LogP contribution in [0.25, 0.3) is 0 Å². The maximum Gasteiger partial charge on any atom is 0.312 e. The third kappa shape index (κ3) is 3.30. The largest absolute Gasteiger partial charge is 0.448 e. The zero-order valence-electron chi connectivity index (χ0n) is 9.76. The predicted molar refractivity (Wildman–Crippen MR) is 77.5 cm³/mol. The van der Waals surface area contributed by atoms with E-state index in [4.69, 9.17) is 4.74 Å². The second kappa shape index (κ2) is 5.66. The highest BCUT2D eigenvalue weighted by Gasteiger charge is 2.19. The monoisotopic (exact) mass is 386 g/mol. The Balaban J connectivity index is 2.47. The highest BCUT2D eigenvalue weighted by atomic mass is 79.9. The summed E-state index contributed by atoms with van der Waals surface area (Å²) in [5, 5.41) is 11.1. The van der Waals surface area contributed by atoms with Crippen molar-refractivity contribution >= 4 is 37.5 Å². The molecule has 5 nitrogen and oxygen atoms in total. The van der Waals surface area contributed by atoms with Gasteiger partial charge in [-0.3, -0.25) is 15.1 Å². The SMILES string of the molecule is Cc1cc(Br)cc([N+](=O)[O-])c1Oc1cncc(Br)c1. The van der Waals surface area contributed by atoms with Crippen LogP contribution in [-0.2, 0) is 0 Å². The fourth-order valence-electron chi connectivity index (χ4n) is 1.55. The third-order valence-electron chi connectivity index (χ3n) is 2.32. The summed E-state index contributed by atoms with van der Waals surface area (Å²) in [5.41, 5.74) is 0.577. The van der Waals surface area contributed by atoms with Gasteiger partial charge in [0.1, 0.15) is 5.75 Å². The number of benzene rings is 1. The molecule has 0 atom stereocenters. The summed E-state index contributed by atoms with van der Waals surface area (Å²) < 4.78 is 6.96. The van der Waals surface area contributed by atoms with Crippen LogP contribution in [0, 0.1) is 17.0 Å². The number of nitro groups is 1. The fraction of sp³-hybridized carbons (Fsp3) is 0.0833. The van der Waals surface area contributed by atoms with Gasteiger partial charge in [-0.05, 0) is 40.5 Å². The van der Waals surface area contributed by atoms with Crippen molar-refractivity contribution in [2.75, 3.05) is 0 Å². The highest BCUT2D eigenvalue weighted by Crippen LogP contribution is 2.37. The quantitative estimate of drug-likeness (QED) is 0.569. The topological polar surface area (TPSA) is 65.3 Å². The fourth-order valence-corrected chi connectivity index (χ4v) is 2.45. The van der Waals surface area contributed by atoms with Crippen molar-refractivity contribution < 1.29 is 9.66 Å². The van der Waals surface area contributed by atoms with E-state index in [0.29, 0.717) is 15.8 Å². The van der Waals surface area contributed by atoms with Gasteiger partial charge in [-0.15, -0.1) is 0 Å². The van der Waals surface area contributed by atoms with Gasteiger partial charge in [-0.1, -0.05) is 15.9 Å². The van der Waals surface area contributed by atoms with Crippen LogP contribution in [0.15, 0.2) is 39.5 Å². The standard InChI is InChI=1S/C12H8Br2N2O3/c1-7-2-8(13)4-11(16(17)18)12(7)19-10-3-9(14)5-15-6-10/h2-6H,1H3. The molecule has 0 bridgehead atoms. The molecule has 7 heteroatoms. The molecule has 0 fully saturated rings. The number of nitrogens with zero attached hydrogens (tertiary/aromatic N) is 2. The number of ether oxygens (including phenoxy) is 1. The van der Waals surface area contributed by atoms with Crippen molar-refractivity contribution in [1.29, 1.82) is 0 Å². The summed E-state index contributed by atoms with van der Waals surface area (Å²) in [6.07, 6.45) is 3.10. The van der Waals surface area contributed by atoms with Crippen molar-refractivity contribution in [3.05, 3.63) is 55.2 Å². The van der Waals surface area contributed by atoms with Gasteiger partial charge >= 0.3 is 5.69 Å². The van der Waals surface area contributed by atoms with Gasteiger partial charge in [-0.2, -0.15) is 0 Å². The number of rotatable bonds is 3. The summed E-state index contributed by atoms with van der Waals surface area (Å²) in [6.45, 7) is 1.75. The van der Waals surface area contributed by atoms with Crippen molar-refractivity contribution in [2.24, 2.45) is 0 Å². The number of nitro benzene ring substituents is 1. The molecule has 0 aliphatic heterocycles. The van der Waals surface area contributed by atoms with Gasteiger partial charge in [0, 0.05) is 21.2 Å². The number of halogens is 2. The highest BCUT2D eigenvalue weighted by molar-refractivity contribution is 9.10. The molecule has 98 valence electrons. The molecule has 2 rings (SSSR count). The lowest BCUT2D eigenvalue weighted by molar-refractivity contribution is -0.385. The van der Waals surface area contributed by atoms with E-state index in [1.54, 1.807) is 25.3 Å². The van der Waals surface area contributed by atoms with Gasteiger partial charge < -0.3 is 4.74 Å². The Labute approximate surface area is 126 Å². The van der Waals surface area contributed by atoms with Gasteiger partial charge in [0.2, 0.25) is 5.75 Å². The Hall–Kier alpha value is -1.47. The second-order valence-corrected chi connectivity index (χ2v) is 5.60. The molecule has 19 heavy (non-hydrogen) atoms. The first-order valence-electron chi connectivity index (χ1n) is 5.20. The molecule has 0 saturated carbocycles. The molecular formula is C12H8Br2N2O3. The summed E-state index contributed by atoms with van der Waals surface area (Å²) in [7, 11) is 0. The lowest BCUT2D eigenvalue weighted by Crippen LogP contribution is -1.96. The first-order chi connectivity index (χ1) is 8.97. The Morgan fingerprint density at radius 1 is 1.21 bits per heavy atom. The van der Waals surface area contributed by atoms with Crippen molar-refractivity contribution in [3.63, 3.8) is 0 Å². The van der Waals surface area contributed by atoms with E-state index in [2.05, 4.69) is 36.8 Å². The molecule has 0 saturated heterocycles. The molecule has 0 aliphatic rings. The second-order valence-electron chi connectivity index (χ2n) is 3.77. The number of pyridine rings is 1. The van der Waals surface area contributed by atoms with Crippen LogP contribution in [-0.4, -0.2) is 9.91 Å². The van der Waals surface area contributed by atoms with Crippen LogP contribution in [0.4, 0.5) is 5.69 Å². The van der Waals surface area contributed by atoms with Crippen molar-refractivity contribution in [3.8, 4) is 11.5 Å². The minimum Gasteiger partial charge on any atom is -0.448 e. The van der Waals surface area contributed by atoms with Crippen LogP contribution in [0.1, 0.15) is 5.56 Å². The van der Waals surface area contributed by atoms with Gasteiger partial charge in [0.25, 0.3) is 0 Å². The zero-order chi connectivity index (χ0) is 14.0. The number of aryl methyl sites for hydroxylation is 1. The summed E-state index contributed by atoms with van der Waals surface area (Å²) >= 11 is 6.50. The average molecular weight is 388 g/mol. The molecule has 1 aromatic heterocycles. The molecule has 0 radical (unpaired) electrons. The van der Waals surface area contributed by atoms with Crippen molar-refractivity contribution in [2.45, 2.75) is 6.92 Å². The number of aromatic nitrogens is 1. The van der Waals surface area contributed by atoms with Crippen LogP contribution < -0.4 is 4.74 Å². The first kappa shape index (κ1) is 14.0. The maximum absolute atomic E-state index is 11.1. The molecule has 2 aromatic rings. The number of hydrogen-bond donors (Lipinski definition) is 0. The molecule has 0 amide bonds. The molecular weight excluding hydrogens is 380 g/mol. The minimum atomic E-state index is -0.474. The van der Waals surface area contributed by atoms with Gasteiger partial charge in [0.15, 0.2) is 0 Å². The van der Waals surface area contributed by atoms with Crippen molar-refractivity contribution in [1.82, 2.24) is 4.98 Å². The first-order valence-corrected chi connectivity index (χ1v) is 6.79. The predicted octanol–water partition coefficient (Wildman–Crippen LogP) is 4.62. The molecule has 1 aromatic carbocycles. The van der Waals surface area contributed by atoms with Crippen LogP contribution in [0.2, 0.25) is 0 Å². The van der Waals surface area contributed by atoms with E-state index in [-0.39, 0.29) is 11.4 Å². The Morgan fingerprint density at radius 2 is 1.95 bits per heavy atom. The number of hydrogen-bond acceptors (Lipinski definition) is 4. The smallest absolute Gasteiger partial charge is 0.312 e. The summed E-state index contributed by atoms with van der Waals surface area (Å²) in [4.78, 5) is 14.5. The van der Waals surface area contributed by atoms with Crippen LogP contribution in [0.3, 0.4) is 0 Å². The van der Waals surface area contributed by atoms with E-state index < -0.39 is 4.92 Å². The lowest BCUT2D eigenvalue weighted by atomic mass is 10.2. The Kier molecular flexibility index (Phi) is 4.16. The third-order valence-corrected chi connectivity index (χ3v) is 3.21. The normalized spacial score (nSPS) is 10.3. The molecule has 0 N–H and O–H groups in total. The maximum atomic E-state index is 11.1. The molecule has 1 heterocycles. The van der Waals surface area contributed by atoms with E-state index in [1.165, 1.54) is 12.3 Å².